The lowest BCUT2D eigenvalue weighted by Gasteiger charge is -2.54. The van der Waals surface area contributed by atoms with Crippen LogP contribution >= 0.6 is 11.6 Å². The normalized spacial score (nSPS) is 37.9. The van der Waals surface area contributed by atoms with Crippen LogP contribution in [0.15, 0.2) is 42.5 Å². The summed E-state index contributed by atoms with van der Waals surface area (Å²) in [5, 5.41) is 20.6. The van der Waals surface area contributed by atoms with Crippen LogP contribution in [0, 0.1) is 11.8 Å². The van der Waals surface area contributed by atoms with Crippen molar-refractivity contribution in [3.63, 3.8) is 0 Å². The molecule has 0 amide bonds. The van der Waals surface area contributed by atoms with Crippen molar-refractivity contribution in [2.75, 3.05) is 20.8 Å². The molecule has 7 heterocycles. The second kappa shape index (κ2) is 28.4. The number of alkyl halides is 1. The molecular weight excluding hydrogens is 1150 g/mol. The standard InChI is InChI=1S/C67H113ClO16Si2/c1-43-28-32-65(77-55(43)38-50(83-86(16,17)63(7,8)9)37-49(82-85(14,15)62(4,5)6)36-47-24-21-25-48(75-47)39-57(70)71)34-30-54(72-12)60(81-65)61-59(79-64(10,11)80-61)44(2)26-27-53-58(68)56(73-13)41-66(76-53)33-29-45(3)67(84-66)40-51(69)52(78-67)31-35-74-42-46-22-19-18-20-23-46/h18-20,22-23,43,45,47-56,58-61,69H,2,21,24-42H2,1,3-17H3,(H,70,71)/t43-,45-,47-,48+,49+,50-,51-,52-,53+,54-,55+,56+,58+,59-,60-,61-,65-,66+,67+/m0/s1. The number of rotatable bonds is 24. The van der Waals surface area contributed by atoms with Crippen LogP contribution < -0.4 is 0 Å². The summed E-state index contributed by atoms with van der Waals surface area (Å²) >= 11 is 7.32. The quantitative estimate of drug-likeness (QED) is 0.0432. The number of benzene rings is 1. The first-order chi connectivity index (χ1) is 40.2. The van der Waals surface area contributed by atoms with Crippen molar-refractivity contribution >= 4 is 34.2 Å². The summed E-state index contributed by atoms with van der Waals surface area (Å²) in [7, 11) is -1.19. The molecule has 7 aliphatic heterocycles. The van der Waals surface area contributed by atoms with Gasteiger partial charge in [-0.25, -0.2) is 0 Å². The predicted octanol–water partition coefficient (Wildman–Crippen LogP) is 13.9. The highest BCUT2D eigenvalue weighted by Gasteiger charge is 2.61. The summed E-state index contributed by atoms with van der Waals surface area (Å²) in [5.41, 5.74) is 1.93. The third-order valence-electron chi connectivity index (χ3n) is 21.2. The number of ether oxygens (including phenoxy) is 11. The lowest BCUT2D eigenvalue weighted by molar-refractivity contribution is -0.413. The number of aliphatic hydroxyl groups is 1. The monoisotopic (exact) mass is 1260 g/mol. The zero-order chi connectivity index (χ0) is 62.8. The maximum Gasteiger partial charge on any atom is 0.305 e. The number of carboxylic acids is 1. The maximum atomic E-state index is 11.8. The third kappa shape index (κ3) is 17.2. The first kappa shape index (κ1) is 70.5. The summed E-state index contributed by atoms with van der Waals surface area (Å²) in [6.45, 7) is 36.9. The minimum Gasteiger partial charge on any atom is -0.481 e. The fourth-order valence-corrected chi connectivity index (χ4v) is 17.2. The number of aliphatic carboxylic acids is 1. The minimum absolute atomic E-state index is 0.0123. The highest BCUT2D eigenvalue weighted by molar-refractivity contribution is 6.74. The van der Waals surface area contributed by atoms with E-state index in [2.05, 4.69) is 81.6 Å². The average molecular weight is 1270 g/mol. The first-order valence-electron chi connectivity index (χ1n) is 32.9. The minimum atomic E-state index is -2.33. The summed E-state index contributed by atoms with van der Waals surface area (Å²) in [5.74, 6) is -4.52. The Morgan fingerprint density at radius 1 is 0.744 bits per heavy atom. The highest BCUT2D eigenvalue weighted by atomic mass is 35.5. The SMILES string of the molecule is C=C(CC[C@H]1O[C@@]2(CC[C@H](C)[C@@]3(C[C@H](O)[C@H](CCOCc4ccccc4)O3)O2)C[C@@H](OC)[C@@H]1Cl)[C@@H]1OC(C)(C)O[C@@H]1[C@H]1O[C@]2(CC[C@@H]1OC)CC[C@H](C)[C@@H](C[C@H](C[C@@H](C[C@@H]1CCC[C@H](CC(=O)O)O1)O[Si](C)(C)C(C)(C)C)O[Si](C)(C)C(C)(C)C)O2. The van der Waals surface area contributed by atoms with Gasteiger partial charge in [0.25, 0.3) is 0 Å². The number of methoxy groups -OCH3 is 2. The molecule has 7 aliphatic rings. The Morgan fingerprint density at radius 2 is 1.37 bits per heavy atom. The molecule has 0 unspecified atom stereocenters. The number of hydrogen-bond donors (Lipinski definition) is 2. The van der Waals surface area contributed by atoms with E-state index in [9.17, 15) is 15.0 Å². The van der Waals surface area contributed by atoms with Gasteiger partial charge in [-0.15, -0.1) is 11.6 Å². The van der Waals surface area contributed by atoms with Crippen LogP contribution in [0.1, 0.15) is 190 Å². The molecule has 492 valence electrons. The van der Waals surface area contributed by atoms with Crippen LogP contribution in [0.25, 0.3) is 0 Å². The number of carbonyl (C=O) groups is 1. The van der Waals surface area contributed by atoms with Crippen LogP contribution in [-0.4, -0.2) is 162 Å². The molecule has 8 rings (SSSR count). The van der Waals surface area contributed by atoms with Crippen LogP contribution in [-0.2, 0) is 72.4 Å². The van der Waals surface area contributed by atoms with Crippen molar-refractivity contribution in [3.05, 3.63) is 48.0 Å². The Hall–Kier alpha value is -1.41. The second-order valence-corrected chi connectivity index (χ2v) is 40.4. The van der Waals surface area contributed by atoms with Crippen LogP contribution in [0.3, 0.4) is 0 Å². The zero-order valence-electron chi connectivity index (χ0n) is 55.5. The van der Waals surface area contributed by atoms with E-state index >= 15 is 0 Å². The van der Waals surface area contributed by atoms with Crippen molar-refractivity contribution in [2.24, 2.45) is 11.8 Å². The van der Waals surface area contributed by atoms with E-state index < -0.39 is 87.8 Å². The Bertz CT molecular complexity index is 2350. The van der Waals surface area contributed by atoms with Gasteiger partial charge in [0, 0.05) is 71.1 Å². The Balaban J connectivity index is 0.961. The fourth-order valence-electron chi connectivity index (χ4n) is 14.0. The number of hydrogen-bond acceptors (Lipinski definition) is 15. The largest absolute Gasteiger partial charge is 0.481 e. The highest BCUT2D eigenvalue weighted by Crippen LogP contribution is 2.54. The molecule has 16 nitrogen and oxygen atoms in total. The lowest BCUT2D eigenvalue weighted by atomic mass is 9.82. The van der Waals surface area contributed by atoms with Crippen molar-refractivity contribution in [1.29, 1.82) is 0 Å². The molecule has 1 aromatic rings. The molecule has 0 saturated carbocycles. The van der Waals surface area contributed by atoms with Gasteiger partial charge < -0.3 is 71.2 Å². The second-order valence-electron chi connectivity index (χ2n) is 30.4. The molecule has 19 atom stereocenters. The smallest absolute Gasteiger partial charge is 0.305 e. The van der Waals surface area contributed by atoms with E-state index in [0.29, 0.717) is 83.8 Å². The van der Waals surface area contributed by atoms with Gasteiger partial charge in [0.2, 0.25) is 0 Å². The van der Waals surface area contributed by atoms with Crippen LogP contribution in [0.5, 0.6) is 0 Å². The number of aliphatic hydroxyl groups excluding tert-OH is 1. The molecule has 86 heavy (non-hydrogen) atoms. The van der Waals surface area contributed by atoms with Gasteiger partial charge in [-0.1, -0.05) is 92.3 Å². The molecule has 7 fully saturated rings. The molecule has 0 aromatic heterocycles. The zero-order valence-corrected chi connectivity index (χ0v) is 58.2. The fraction of sp³-hybridized carbons (Fsp3) is 0.866. The maximum absolute atomic E-state index is 11.8. The summed E-state index contributed by atoms with van der Waals surface area (Å²) in [6, 6.07) is 10.1. The molecule has 2 N–H and O–H groups in total. The van der Waals surface area contributed by atoms with E-state index in [1.165, 1.54) is 0 Å². The number of carboxylic acid groups (broad SMARTS) is 1. The molecule has 0 radical (unpaired) electrons. The molecular formula is C67H113ClO16Si2. The number of halogens is 1. The van der Waals surface area contributed by atoms with Gasteiger partial charge in [-0.3, -0.25) is 4.79 Å². The van der Waals surface area contributed by atoms with Gasteiger partial charge in [-0.05, 0) is 144 Å². The molecule has 0 aliphatic carbocycles. The summed E-state index contributed by atoms with van der Waals surface area (Å²) in [4.78, 5) is 11.8. The third-order valence-corrected chi connectivity index (χ3v) is 30.9. The first-order valence-corrected chi connectivity index (χ1v) is 39.1. The molecule has 7 saturated heterocycles. The van der Waals surface area contributed by atoms with Gasteiger partial charge in [0.15, 0.2) is 39.8 Å². The van der Waals surface area contributed by atoms with Gasteiger partial charge >= 0.3 is 5.97 Å². The van der Waals surface area contributed by atoms with E-state index in [1.807, 2.05) is 44.2 Å². The molecule has 19 heteroatoms. The topological polar surface area (TPSA) is 178 Å². The van der Waals surface area contributed by atoms with E-state index in [-0.39, 0.29) is 71.1 Å². The van der Waals surface area contributed by atoms with E-state index in [4.69, 9.17) is 79.1 Å². The van der Waals surface area contributed by atoms with Crippen molar-refractivity contribution in [3.8, 4) is 0 Å². The van der Waals surface area contributed by atoms with E-state index in [0.717, 1.165) is 49.7 Å². The summed E-state index contributed by atoms with van der Waals surface area (Å²) in [6.07, 6.45) is 6.42. The van der Waals surface area contributed by atoms with Crippen LogP contribution in [0.2, 0.25) is 36.3 Å². The van der Waals surface area contributed by atoms with Gasteiger partial charge in [0.05, 0.1) is 67.2 Å². The molecule has 0 bridgehead atoms. The van der Waals surface area contributed by atoms with Gasteiger partial charge in [-0.2, -0.15) is 0 Å². The Kier molecular flexibility index (Phi) is 23.3. The Morgan fingerprint density at radius 3 is 2.02 bits per heavy atom. The van der Waals surface area contributed by atoms with Gasteiger partial charge in [0.1, 0.15) is 18.3 Å². The van der Waals surface area contributed by atoms with Crippen molar-refractivity contribution in [2.45, 2.75) is 336 Å². The van der Waals surface area contributed by atoms with Crippen molar-refractivity contribution in [1.82, 2.24) is 0 Å². The molecule has 3 spiro atoms. The average Bonchev–Trinajstić information content (AvgIpc) is 1.43. The summed E-state index contributed by atoms with van der Waals surface area (Å²) < 4.78 is 89.4. The molecule has 1 aromatic carbocycles. The Labute approximate surface area is 524 Å². The van der Waals surface area contributed by atoms with E-state index in [1.54, 1.807) is 14.2 Å². The predicted molar refractivity (Wildman–Crippen MR) is 337 cm³/mol. The lowest BCUT2D eigenvalue weighted by Crippen LogP contribution is -2.61. The van der Waals surface area contributed by atoms with Crippen LogP contribution in [0.4, 0.5) is 0 Å². The van der Waals surface area contributed by atoms with Crippen molar-refractivity contribution < 1.29 is 76.0 Å².